The van der Waals surface area contributed by atoms with Gasteiger partial charge in [0.1, 0.15) is 11.5 Å². The van der Waals surface area contributed by atoms with Gasteiger partial charge in [0, 0.05) is 40.5 Å². The fourth-order valence-corrected chi connectivity index (χ4v) is 4.16. The summed E-state index contributed by atoms with van der Waals surface area (Å²) in [4.78, 5) is 26.6. The number of aromatic nitrogens is 1. The van der Waals surface area contributed by atoms with Gasteiger partial charge in [-0.1, -0.05) is 6.92 Å². The molecule has 0 aliphatic heterocycles. The van der Waals surface area contributed by atoms with Crippen LogP contribution in [0.2, 0.25) is 0 Å². The molecular weight excluding hydrogens is 585 g/mol. The Kier molecular flexibility index (Phi) is 9.31. The fraction of sp³-hybridized carbons (Fsp3) is 0.207. The maximum absolute atomic E-state index is 12.9. The number of methoxy groups -OCH3 is 2. The number of hydrogen-bond acceptors (Lipinski definition) is 9. The number of halogens is 1. The number of fused-ring (bicyclic) bond motifs is 1. The summed E-state index contributed by atoms with van der Waals surface area (Å²) in [7, 11) is -1.60. The summed E-state index contributed by atoms with van der Waals surface area (Å²) in [6.45, 7) is 1.98. The summed E-state index contributed by atoms with van der Waals surface area (Å²) in [6.07, 6.45) is 3.91. The van der Waals surface area contributed by atoms with Gasteiger partial charge in [-0.25, -0.2) is 4.39 Å². The van der Waals surface area contributed by atoms with Gasteiger partial charge in [-0.3, -0.25) is 19.1 Å². The summed E-state index contributed by atoms with van der Waals surface area (Å²) >= 11 is 0. The van der Waals surface area contributed by atoms with E-state index in [0.717, 1.165) is 41.6 Å². The molecule has 1 aliphatic carbocycles. The molecule has 1 fully saturated rings. The molecule has 1 heterocycles. The summed E-state index contributed by atoms with van der Waals surface area (Å²) < 4.78 is 62.5. The average Bonchev–Trinajstić information content (AvgIpc) is 3.73. The molecule has 2 amide bonds. The largest absolute Gasteiger partial charge is 0.493 e. The number of carbonyl (C=O) groups excluding carboxylic acids is 2. The highest BCUT2D eigenvalue weighted by Gasteiger charge is 2.44. The van der Waals surface area contributed by atoms with E-state index in [-0.39, 0.29) is 17.0 Å². The first kappa shape index (κ1) is 31.0. The third kappa shape index (κ3) is 8.08. The number of amides is 2. The molecule has 5 rings (SSSR count). The molecule has 0 unspecified atom stereocenters. The Bertz CT molecular complexity index is 1740. The predicted molar refractivity (Wildman–Crippen MR) is 156 cm³/mol. The highest BCUT2D eigenvalue weighted by molar-refractivity contribution is 7.81. The van der Waals surface area contributed by atoms with Gasteiger partial charge in [-0.05, 0) is 61.4 Å². The van der Waals surface area contributed by atoms with Crippen LogP contribution in [-0.4, -0.2) is 44.5 Å². The zero-order chi connectivity index (χ0) is 31.2. The third-order valence-corrected chi connectivity index (χ3v) is 6.84. The number of benzene rings is 3. The van der Waals surface area contributed by atoms with E-state index in [9.17, 15) is 22.4 Å². The number of anilines is 2. The molecule has 1 saturated carbocycles. The zero-order valence-corrected chi connectivity index (χ0v) is 24.1. The lowest BCUT2D eigenvalue weighted by Gasteiger charge is -2.13. The predicted octanol–water partition coefficient (Wildman–Crippen LogP) is 5.36. The molecule has 14 heteroatoms. The molecular formula is C29H28FN3O9S. The summed E-state index contributed by atoms with van der Waals surface area (Å²) in [6, 6.07) is 15.8. The minimum absolute atomic E-state index is 0.0716. The molecule has 43 heavy (non-hydrogen) atoms. The van der Waals surface area contributed by atoms with Crippen LogP contribution >= 0.6 is 0 Å². The van der Waals surface area contributed by atoms with Gasteiger partial charge in [0.25, 0.3) is 0 Å². The Morgan fingerprint density at radius 2 is 1.60 bits per heavy atom. The first-order chi connectivity index (χ1) is 20.4. The van der Waals surface area contributed by atoms with Gasteiger partial charge < -0.3 is 29.0 Å². The van der Waals surface area contributed by atoms with Crippen LogP contribution in [0.1, 0.15) is 19.8 Å². The number of nitrogens with one attached hydrogen (secondary N) is 2. The molecule has 12 nitrogen and oxygen atoms in total. The molecule has 0 spiro atoms. The number of rotatable bonds is 10. The number of nitrogens with zero attached hydrogens (tertiary/aromatic N) is 1. The van der Waals surface area contributed by atoms with Crippen molar-refractivity contribution in [2.45, 2.75) is 19.8 Å². The Balaban J connectivity index is 0.000000239. The van der Waals surface area contributed by atoms with E-state index in [1.165, 1.54) is 6.07 Å². The minimum Gasteiger partial charge on any atom is -0.493 e. The molecule has 0 radical (unpaired) electrons. The number of carbonyl (C=O) groups is 2. The molecule has 0 bridgehead atoms. The van der Waals surface area contributed by atoms with Crippen LogP contribution in [0, 0.1) is 11.2 Å². The molecule has 0 atom stereocenters. The lowest BCUT2D eigenvalue weighted by molar-refractivity contribution is -0.120. The zero-order valence-electron chi connectivity index (χ0n) is 23.3. The maximum atomic E-state index is 12.9. The Hall–Kier alpha value is -4.95. The maximum Gasteiger partial charge on any atom is 0.446 e. The van der Waals surface area contributed by atoms with E-state index in [2.05, 4.69) is 19.8 Å². The lowest BCUT2D eigenvalue weighted by Crippen LogP contribution is -2.21. The minimum atomic E-state index is -4.79. The summed E-state index contributed by atoms with van der Waals surface area (Å²) in [5, 5.41) is 5.93. The van der Waals surface area contributed by atoms with Crippen molar-refractivity contribution in [3.8, 4) is 28.7 Å². The summed E-state index contributed by atoms with van der Waals surface area (Å²) in [5.74, 6) is 0.936. The van der Waals surface area contributed by atoms with Crippen molar-refractivity contribution in [1.29, 1.82) is 0 Å². The van der Waals surface area contributed by atoms with E-state index in [1.807, 2.05) is 43.3 Å². The van der Waals surface area contributed by atoms with E-state index in [1.54, 1.807) is 26.5 Å². The van der Waals surface area contributed by atoms with Gasteiger partial charge in [-0.2, -0.15) is 8.42 Å². The van der Waals surface area contributed by atoms with Crippen LogP contribution in [0.5, 0.6) is 28.7 Å². The highest BCUT2D eigenvalue weighted by Crippen LogP contribution is 2.45. The fourth-order valence-electron chi connectivity index (χ4n) is 3.80. The van der Waals surface area contributed by atoms with E-state index in [4.69, 9.17) is 18.8 Å². The van der Waals surface area contributed by atoms with Crippen molar-refractivity contribution in [3.05, 3.63) is 72.7 Å². The second-order valence-corrected chi connectivity index (χ2v) is 10.6. The van der Waals surface area contributed by atoms with Crippen molar-refractivity contribution in [3.63, 3.8) is 0 Å². The first-order valence-corrected chi connectivity index (χ1v) is 14.1. The Morgan fingerprint density at radius 1 is 0.953 bits per heavy atom. The van der Waals surface area contributed by atoms with Crippen LogP contribution in [0.25, 0.3) is 10.9 Å². The Morgan fingerprint density at radius 3 is 2.21 bits per heavy atom. The molecule has 1 aliphatic rings. The quantitative estimate of drug-likeness (QED) is 0.157. The van der Waals surface area contributed by atoms with E-state index < -0.39 is 22.0 Å². The van der Waals surface area contributed by atoms with Crippen molar-refractivity contribution in [2.75, 3.05) is 24.9 Å². The Labute approximate surface area is 246 Å². The van der Waals surface area contributed by atoms with Crippen molar-refractivity contribution in [2.24, 2.45) is 5.41 Å². The van der Waals surface area contributed by atoms with Crippen LogP contribution in [0.4, 0.5) is 15.8 Å². The van der Waals surface area contributed by atoms with Crippen LogP contribution in [-0.2, 0) is 20.0 Å². The van der Waals surface area contributed by atoms with Gasteiger partial charge in [0.2, 0.25) is 12.3 Å². The third-order valence-electron chi connectivity index (χ3n) is 6.45. The van der Waals surface area contributed by atoms with Crippen LogP contribution < -0.4 is 29.0 Å². The molecule has 226 valence electrons. The molecule has 3 aromatic carbocycles. The van der Waals surface area contributed by atoms with E-state index >= 15 is 0 Å². The molecule has 4 aromatic rings. The van der Waals surface area contributed by atoms with Gasteiger partial charge in [0.15, 0.2) is 23.1 Å². The van der Waals surface area contributed by atoms with Gasteiger partial charge in [0.05, 0.1) is 19.7 Å². The molecule has 3 N–H and O–H groups in total. The SMILES string of the molecule is COc1cc2nccc(Oc3ccc(NC(=O)C4(C)CC4)cc3)c2cc1OC.O=CNc1ccc(F)c(OS(=O)(=O)O)c1. The van der Waals surface area contributed by atoms with Gasteiger partial charge in [-0.15, -0.1) is 0 Å². The second-order valence-electron chi connectivity index (χ2n) is 9.59. The lowest BCUT2D eigenvalue weighted by atomic mass is 10.1. The number of ether oxygens (including phenoxy) is 3. The summed E-state index contributed by atoms with van der Waals surface area (Å²) in [5.41, 5.74) is 1.43. The standard InChI is InChI=1S/C22H22N2O4.C7H6FNO5S/c1-22(9-10-22)21(25)24-14-4-6-15(7-5-14)28-18-8-11-23-17-13-20(27-3)19(26-2)12-16(17)18;8-6-2-1-5(9-4-10)3-7(6)14-15(11,12)13/h4-8,11-13H,9-10H2,1-3H3,(H,24,25);1-4H,(H,9,10)(H,11,12,13). The monoisotopic (exact) mass is 613 g/mol. The van der Waals surface area contributed by atoms with Crippen molar-refractivity contribution < 1.29 is 45.3 Å². The normalized spacial score (nSPS) is 13.1. The highest BCUT2D eigenvalue weighted by atomic mass is 32.3. The second kappa shape index (κ2) is 12.9. The van der Waals surface area contributed by atoms with Crippen molar-refractivity contribution >= 4 is 45.0 Å². The number of pyridine rings is 1. The van der Waals surface area contributed by atoms with Gasteiger partial charge >= 0.3 is 10.4 Å². The topological polar surface area (TPSA) is 162 Å². The smallest absolute Gasteiger partial charge is 0.446 e. The number of hydrogen-bond donors (Lipinski definition) is 3. The first-order valence-electron chi connectivity index (χ1n) is 12.7. The van der Waals surface area contributed by atoms with E-state index in [0.29, 0.717) is 29.4 Å². The molecule has 1 aromatic heterocycles. The van der Waals surface area contributed by atoms with Crippen LogP contribution in [0.3, 0.4) is 0 Å². The van der Waals surface area contributed by atoms with Crippen molar-refractivity contribution in [1.82, 2.24) is 4.98 Å². The van der Waals surface area contributed by atoms with Crippen LogP contribution in [0.15, 0.2) is 66.9 Å². The molecule has 0 saturated heterocycles. The average molecular weight is 614 g/mol.